The fourth-order valence-electron chi connectivity index (χ4n) is 10.4. The van der Waals surface area contributed by atoms with E-state index in [2.05, 4.69) is 291 Å². The maximum Gasteiger partial charge on any atom is 0.186 e. The maximum atomic E-state index is 8.56. The number of benzene rings is 6. The van der Waals surface area contributed by atoms with E-state index >= 15 is 0 Å². The number of ether oxygens (including phenoxy) is 4. The van der Waals surface area contributed by atoms with Crippen molar-refractivity contribution in [2.45, 2.75) is 201 Å². The average Bonchev–Trinajstić information content (AvgIpc) is 3.21. The summed E-state index contributed by atoms with van der Waals surface area (Å²) in [5.74, 6) is 0. The van der Waals surface area contributed by atoms with Gasteiger partial charge in [-0.15, -0.1) is 0 Å². The highest BCUT2D eigenvalue weighted by Crippen LogP contribution is 2.47. The highest BCUT2D eigenvalue weighted by atomic mass is 31.1. The second kappa shape index (κ2) is 27.2. The molecule has 1 aliphatic heterocycles. The van der Waals surface area contributed by atoms with Gasteiger partial charge in [0.25, 0.3) is 0 Å². The van der Waals surface area contributed by atoms with Gasteiger partial charge in [0.15, 0.2) is 6.29 Å². The van der Waals surface area contributed by atoms with E-state index < -0.39 is 112 Å². The second-order valence-corrected chi connectivity index (χ2v) is 76.6. The lowest BCUT2D eigenvalue weighted by molar-refractivity contribution is -0.298. The normalized spacial score (nSPS) is 18.8. The van der Waals surface area contributed by atoms with Crippen LogP contribution in [0.2, 0.25) is 157 Å². The zero-order valence-corrected chi connectivity index (χ0v) is 66.8. The third kappa shape index (κ3) is 18.7. The molecule has 0 unspecified atom stereocenters. The summed E-state index contributed by atoms with van der Waals surface area (Å²) in [6.07, 6.45) is -3.48. The molecule has 462 valence electrons. The summed E-state index contributed by atoms with van der Waals surface area (Å²) in [4.78, 5) is 0. The zero-order valence-electron chi connectivity index (χ0n) is 57.1. The fraction of sp³-hybridized carbons (Fsp3) is 0.478. The van der Waals surface area contributed by atoms with E-state index in [1.165, 1.54) is 62.7 Å². The van der Waals surface area contributed by atoms with E-state index in [9.17, 15) is 0 Å². The van der Waals surface area contributed by atoms with Gasteiger partial charge in [-0.05, 0) is 11.1 Å². The first kappa shape index (κ1) is 70.1. The molecule has 6 nitrogen and oxygen atoms in total. The van der Waals surface area contributed by atoms with Crippen molar-refractivity contribution in [3.05, 3.63) is 145 Å². The Balaban J connectivity index is 1.62. The average molecular weight is 1320 g/mol. The minimum absolute atomic E-state index is 0.256. The van der Waals surface area contributed by atoms with Crippen molar-refractivity contribution in [2.75, 3.05) is 13.7 Å². The highest BCUT2D eigenvalue weighted by molar-refractivity contribution is 7.69. The monoisotopic (exact) mass is 1320 g/mol. The van der Waals surface area contributed by atoms with Crippen LogP contribution in [0.1, 0.15) is 11.1 Å². The molecular formula is C69H108O6P2Si8. The summed E-state index contributed by atoms with van der Waals surface area (Å²) in [5, 5.41) is 16.8. The first-order chi connectivity index (χ1) is 39.1. The van der Waals surface area contributed by atoms with Gasteiger partial charge >= 0.3 is 0 Å². The summed E-state index contributed by atoms with van der Waals surface area (Å²) in [5.41, 5.74) is 2.17. The Hall–Kier alpha value is -2.32. The Labute approximate surface area is 527 Å². The predicted octanol–water partition coefficient (Wildman–Crippen LogP) is 12.4. The fourth-order valence-corrected chi connectivity index (χ4v) is 25.5. The summed E-state index contributed by atoms with van der Waals surface area (Å²) in [6.45, 7) is 60.9. The van der Waals surface area contributed by atoms with Gasteiger partial charge in [0.1, 0.15) is 24.4 Å². The lowest BCUT2D eigenvalue weighted by Gasteiger charge is -2.47. The standard InChI is InChI=1S/C69H108O6P2Si8/c1-70-69-68(72-49-52-34-30-27-31-35-52)67(75-77(55-40-61(82(14,15)16)46-62(41-55)83(17,18)19)56-42-63(84(20,21)22)47-64(43-56)85(23,24)25)66(65(73-69)50-71-48-51-32-28-26-29-33-51)74-76(53-36-57(78(2,3)4)44-58(37-53)79(5,6)7)54-38-59(80(8,9)10)45-60(39-54)81(11,12)13/h26-47,65-69H,48-50H2,1-25H3/t65-,66-,67+,68+,69+/m1/s1. The van der Waals surface area contributed by atoms with Crippen LogP contribution in [0, 0.1) is 0 Å². The van der Waals surface area contributed by atoms with Gasteiger partial charge in [0, 0.05) is 28.3 Å². The number of hydrogen-bond acceptors (Lipinski definition) is 6. The summed E-state index contributed by atoms with van der Waals surface area (Å²) < 4.78 is 45.5. The summed E-state index contributed by atoms with van der Waals surface area (Å²) in [6, 6.07) is 51.7. The Morgan fingerprint density at radius 2 is 0.612 bits per heavy atom. The molecule has 0 aromatic heterocycles. The van der Waals surface area contributed by atoms with Crippen LogP contribution in [0.5, 0.6) is 0 Å². The minimum Gasteiger partial charge on any atom is -0.374 e. The SMILES string of the molecule is CO[C@H]1O[C@H](COCc2ccccc2)[C@@H](OP(c2cc([Si](C)(C)C)cc([Si](C)(C)C)c2)c2cc([Si](C)(C)C)cc([Si](C)(C)C)c2)[C@H](OP(c2cc([Si](C)(C)C)cc([Si](C)(C)C)c2)c2cc([Si](C)(C)C)cc([Si](C)(C)C)c2)[C@@H]1OCc1ccccc1. The molecule has 0 N–H and O–H groups in total. The lowest BCUT2D eigenvalue weighted by atomic mass is 9.99. The molecule has 85 heavy (non-hydrogen) atoms. The van der Waals surface area contributed by atoms with Crippen LogP contribution in [0.3, 0.4) is 0 Å². The quantitative estimate of drug-likeness (QED) is 0.0445. The molecule has 1 heterocycles. The Kier molecular flexibility index (Phi) is 22.5. The molecule has 0 saturated carbocycles. The molecule has 0 spiro atoms. The van der Waals surface area contributed by atoms with Crippen LogP contribution in [0.4, 0.5) is 0 Å². The third-order valence-corrected chi connectivity index (χ3v) is 36.5. The van der Waals surface area contributed by atoms with E-state index in [0.29, 0.717) is 13.2 Å². The van der Waals surface area contributed by atoms with Crippen LogP contribution in [-0.2, 0) is 41.2 Å². The van der Waals surface area contributed by atoms with E-state index in [4.69, 9.17) is 28.0 Å². The Bertz CT molecular complexity index is 2920. The maximum absolute atomic E-state index is 8.56. The van der Waals surface area contributed by atoms with Crippen molar-refractivity contribution in [1.29, 1.82) is 0 Å². The van der Waals surface area contributed by atoms with Gasteiger partial charge < -0.3 is 28.0 Å². The largest absolute Gasteiger partial charge is 0.374 e. The molecule has 0 aliphatic carbocycles. The molecular weight excluding hydrogens is 1210 g/mol. The Morgan fingerprint density at radius 3 is 0.882 bits per heavy atom. The molecule has 5 atom stereocenters. The van der Waals surface area contributed by atoms with Crippen molar-refractivity contribution >= 4 is 144 Å². The van der Waals surface area contributed by atoms with E-state index in [1.54, 1.807) is 7.11 Å². The number of methoxy groups -OCH3 is 1. The van der Waals surface area contributed by atoms with Gasteiger partial charge in [0.2, 0.25) is 0 Å². The van der Waals surface area contributed by atoms with Crippen molar-refractivity contribution < 1.29 is 28.0 Å². The third-order valence-electron chi connectivity index (χ3n) is 16.5. The van der Waals surface area contributed by atoms with Crippen molar-refractivity contribution in [3.8, 4) is 0 Å². The molecule has 0 radical (unpaired) electrons. The van der Waals surface area contributed by atoms with Gasteiger partial charge in [-0.1, -0.05) is 332 Å². The Morgan fingerprint density at radius 1 is 0.341 bits per heavy atom. The topological polar surface area (TPSA) is 55.4 Å². The minimum atomic E-state index is -1.87. The predicted molar refractivity (Wildman–Crippen MR) is 399 cm³/mol. The number of hydrogen-bond donors (Lipinski definition) is 0. The second-order valence-electron chi connectivity index (χ2n) is 32.3. The van der Waals surface area contributed by atoms with Crippen molar-refractivity contribution in [3.63, 3.8) is 0 Å². The lowest BCUT2D eigenvalue weighted by Crippen LogP contribution is -2.61. The van der Waals surface area contributed by atoms with Gasteiger partial charge in [-0.25, -0.2) is 0 Å². The molecule has 6 aromatic carbocycles. The molecule has 1 aliphatic rings. The molecule has 0 bridgehead atoms. The van der Waals surface area contributed by atoms with E-state index in [1.807, 2.05) is 0 Å². The van der Waals surface area contributed by atoms with Gasteiger partial charge in [-0.2, -0.15) is 0 Å². The summed E-state index contributed by atoms with van der Waals surface area (Å²) in [7, 11) is -16.3. The smallest absolute Gasteiger partial charge is 0.186 e. The molecule has 16 heteroatoms. The van der Waals surface area contributed by atoms with Crippen molar-refractivity contribution in [2.24, 2.45) is 0 Å². The first-order valence-corrected chi connectivity index (χ1v) is 61.7. The van der Waals surface area contributed by atoms with Crippen LogP contribution in [-0.4, -0.2) is 109 Å². The molecule has 6 aromatic rings. The van der Waals surface area contributed by atoms with E-state index in [0.717, 1.165) is 11.1 Å². The van der Waals surface area contributed by atoms with E-state index in [-0.39, 0.29) is 6.61 Å². The van der Waals surface area contributed by atoms with Gasteiger partial charge in [-0.3, -0.25) is 0 Å². The van der Waals surface area contributed by atoms with Crippen LogP contribution >= 0.6 is 16.3 Å². The molecule has 7 rings (SSSR count). The van der Waals surface area contributed by atoms with Crippen molar-refractivity contribution in [1.82, 2.24) is 0 Å². The number of rotatable bonds is 24. The zero-order chi connectivity index (χ0) is 63.0. The highest BCUT2D eigenvalue weighted by Gasteiger charge is 2.52. The van der Waals surface area contributed by atoms with Crippen LogP contribution < -0.4 is 62.7 Å². The van der Waals surface area contributed by atoms with Crippen LogP contribution in [0.15, 0.2) is 133 Å². The molecule has 1 saturated heterocycles. The summed E-state index contributed by atoms with van der Waals surface area (Å²) >= 11 is 0. The van der Waals surface area contributed by atoms with Crippen LogP contribution in [0.25, 0.3) is 0 Å². The van der Waals surface area contributed by atoms with Gasteiger partial charge in [0.05, 0.1) is 101 Å². The molecule has 0 amide bonds. The first-order valence-electron chi connectivity index (χ1n) is 31.1. The molecule has 1 fully saturated rings.